The quantitative estimate of drug-likeness (QED) is 0.548. The molecule has 6 rings (SSSR count). The summed E-state index contributed by atoms with van der Waals surface area (Å²) in [6.45, 7) is 0.722. The van der Waals surface area contributed by atoms with Crippen LogP contribution in [0.15, 0.2) is 91.0 Å². The smallest absolute Gasteiger partial charge is 0.330 e. The summed E-state index contributed by atoms with van der Waals surface area (Å²) in [7, 11) is 1.73. The van der Waals surface area contributed by atoms with E-state index in [0.717, 1.165) is 5.56 Å². The molecule has 1 N–H and O–H groups in total. The van der Waals surface area contributed by atoms with Crippen molar-refractivity contribution in [2.24, 2.45) is 0 Å². The van der Waals surface area contributed by atoms with Crippen LogP contribution in [0.5, 0.6) is 0 Å². The van der Waals surface area contributed by atoms with Crippen LogP contribution in [-0.4, -0.2) is 69.6 Å². The Morgan fingerprint density at radius 2 is 1.35 bits per heavy atom. The molecule has 3 aromatic carbocycles. The number of piperidine rings is 2. The molecule has 0 aliphatic carbocycles. The molecule has 3 aliphatic heterocycles. The minimum absolute atomic E-state index is 0.222. The van der Waals surface area contributed by atoms with Crippen molar-refractivity contribution in [1.29, 1.82) is 0 Å². The molecule has 3 aromatic rings. The first-order chi connectivity index (χ1) is 18.0. The highest BCUT2D eigenvalue weighted by Gasteiger charge is 2.54. The Morgan fingerprint density at radius 1 is 0.811 bits per heavy atom. The van der Waals surface area contributed by atoms with Crippen molar-refractivity contribution < 1.29 is 19.5 Å². The van der Waals surface area contributed by atoms with Gasteiger partial charge in [0.15, 0.2) is 6.04 Å². The highest BCUT2D eigenvalue weighted by molar-refractivity contribution is 6.01. The number of carbonyl (C=O) groups is 3. The van der Waals surface area contributed by atoms with Crippen molar-refractivity contribution >= 4 is 29.4 Å². The van der Waals surface area contributed by atoms with E-state index in [2.05, 4.69) is 0 Å². The normalized spacial score (nSPS) is 20.4. The fourth-order valence-electron chi connectivity index (χ4n) is 5.50. The number of anilines is 2. The summed E-state index contributed by atoms with van der Waals surface area (Å²) < 4.78 is 0. The molecule has 1 unspecified atom stereocenters. The van der Waals surface area contributed by atoms with E-state index in [-0.39, 0.29) is 6.03 Å². The van der Waals surface area contributed by atoms with Crippen LogP contribution in [-0.2, 0) is 11.3 Å². The van der Waals surface area contributed by atoms with Crippen LogP contribution < -0.4 is 4.90 Å². The number of nitrogens with zero attached hydrogens (tertiary/aromatic N) is 4. The van der Waals surface area contributed by atoms with Gasteiger partial charge in [0.1, 0.15) is 0 Å². The standard InChI is InChI=1S/C29H30N4O4/c1-30(19-21-11-5-2-6-12-21)28(36)31-20-24-17-18-25(31)26(27(34)35)33(24)29(37)32(22-13-7-3-8-14-22)23-15-9-4-10-16-23/h2-16,24-26H,17-20H2,1H3,(H,34,35)/t24?,25-,26+/m1/s1. The van der Waals surface area contributed by atoms with Gasteiger partial charge in [0.25, 0.3) is 0 Å². The number of aliphatic carboxylic acids is 1. The van der Waals surface area contributed by atoms with E-state index in [9.17, 15) is 19.5 Å². The summed E-state index contributed by atoms with van der Waals surface area (Å²) in [4.78, 5) is 46.5. The van der Waals surface area contributed by atoms with Crippen molar-refractivity contribution in [1.82, 2.24) is 14.7 Å². The van der Waals surface area contributed by atoms with Crippen molar-refractivity contribution in [3.63, 3.8) is 0 Å². The zero-order valence-corrected chi connectivity index (χ0v) is 20.7. The maximum absolute atomic E-state index is 14.1. The molecule has 0 radical (unpaired) electrons. The van der Waals surface area contributed by atoms with Gasteiger partial charge in [-0.25, -0.2) is 14.4 Å². The van der Waals surface area contributed by atoms with Gasteiger partial charge in [-0.1, -0.05) is 66.7 Å². The SMILES string of the molecule is CN(Cc1ccccc1)C(=O)N1CC2CC[C@@H]1[C@@H](C(=O)O)N2C(=O)N(c1ccccc1)c1ccccc1. The van der Waals surface area contributed by atoms with Crippen LogP contribution in [0.25, 0.3) is 0 Å². The number of carboxylic acid groups (broad SMARTS) is 1. The van der Waals surface area contributed by atoms with Gasteiger partial charge < -0.3 is 19.8 Å². The third-order valence-electron chi connectivity index (χ3n) is 7.19. The van der Waals surface area contributed by atoms with Crippen LogP contribution in [0.1, 0.15) is 18.4 Å². The monoisotopic (exact) mass is 498 g/mol. The van der Waals surface area contributed by atoms with E-state index in [1.807, 2.05) is 91.0 Å². The molecule has 190 valence electrons. The Balaban J connectivity index is 1.43. The number of rotatable bonds is 5. The lowest BCUT2D eigenvalue weighted by molar-refractivity contribution is -0.151. The fraction of sp³-hybridized carbons (Fsp3) is 0.276. The Kier molecular flexibility index (Phi) is 6.81. The molecule has 0 aromatic heterocycles. The number of carboxylic acids is 1. The van der Waals surface area contributed by atoms with Gasteiger partial charge in [-0.3, -0.25) is 4.90 Å². The number of hydrogen-bond donors (Lipinski definition) is 1. The molecule has 3 atom stereocenters. The molecule has 3 saturated heterocycles. The number of hydrogen-bond acceptors (Lipinski definition) is 3. The Bertz CT molecular complexity index is 1220. The van der Waals surface area contributed by atoms with E-state index in [1.54, 1.807) is 21.7 Å². The van der Waals surface area contributed by atoms with Crippen LogP contribution in [0.2, 0.25) is 0 Å². The first kappa shape index (κ1) is 24.4. The third kappa shape index (κ3) is 4.74. The van der Waals surface area contributed by atoms with E-state index < -0.39 is 30.1 Å². The lowest BCUT2D eigenvalue weighted by Crippen LogP contribution is -2.73. The number of fused-ring (bicyclic) bond motifs is 3. The predicted octanol–water partition coefficient (Wildman–Crippen LogP) is 4.80. The summed E-state index contributed by atoms with van der Waals surface area (Å²) in [5.41, 5.74) is 2.30. The van der Waals surface area contributed by atoms with E-state index in [4.69, 9.17) is 0 Å². The lowest BCUT2D eigenvalue weighted by atomic mass is 9.84. The minimum atomic E-state index is -1.14. The summed E-state index contributed by atoms with van der Waals surface area (Å²) in [6.07, 6.45) is 1.18. The number of benzene rings is 3. The van der Waals surface area contributed by atoms with Crippen molar-refractivity contribution in [3.05, 3.63) is 96.6 Å². The Morgan fingerprint density at radius 3 is 1.89 bits per heavy atom. The average molecular weight is 499 g/mol. The first-order valence-electron chi connectivity index (χ1n) is 12.5. The summed E-state index contributed by atoms with van der Waals surface area (Å²) in [5.74, 6) is -1.10. The van der Waals surface area contributed by atoms with E-state index >= 15 is 0 Å². The molecule has 37 heavy (non-hydrogen) atoms. The molecule has 0 saturated carbocycles. The van der Waals surface area contributed by atoms with Crippen molar-refractivity contribution in [3.8, 4) is 0 Å². The molecule has 8 nitrogen and oxygen atoms in total. The molecule has 8 heteroatoms. The van der Waals surface area contributed by atoms with Crippen LogP contribution in [0.4, 0.5) is 21.0 Å². The van der Waals surface area contributed by atoms with Gasteiger partial charge in [-0.15, -0.1) is 0 Å². The summed E-state index contributed by atoms with van der Waals surface area (Å²) >= 11 is 0. The second-order valence-electron chi connectivity index (χ2n) is 9.55. The molecule has 0 spiro atoms. The van der Waals surface area contributed by atoms with Crippen LogP contribution in [0.3, 0.4) is 0 Å². The largest absolute Gasteiger partial charge is 0.480 e. The minimum Gasteiger partial charge on any atom is -0.480 e. The Hall–Kier alpha value is -4.33. The Labute approximate surface area is 216 Å². The fourth-order valence-corrected chi connectivity index (χ4v) is 5.50. The van der Waals surface area contributed by atoms with Gasteiger partial charge in [-0.2, -0.15) is 0 Å². The number of amides is 4. The second kappa shape index (κ2) is 10.3. The molecule has 3 fully saturated rings. The first-order valence-corrected chi connectivity index (χ1v) is 12.5. The maximum atomic E-state index is 14.1. The van der Waals surface area contributed by atoms with Gasteiger partial charge >= 0.3 is 18.0 Å². The average Bonchev–Trinajstić information content (AvgIpc) is 2.94. The predicted molar refractivity (Wildman–Crippen MR) is 141 cm³/mol. The third-order valence-corrected chi connectivity index (χ3v) is 7.19. The van der Waals surface area contributed by atoms with Crippen LogP contribution >= 0.6 is 0 Å². The summed E-state index contributed by atoms with van der Waals surface area (Å²) in [5, 5.41) is 10.3. The van der Waals surface area contributed by atoms with Crippen LogP contribution in [0, 0.1) is 0 Å². The number of urea groups is 2. The highest BCUT2D eigenvalue weighted by Crippen LogP contribution is 2.37. The number of para-hydroxylation sites is 2. The van der Waals surface area contributed by atoms with Gasteiger partial charge in [0, 0.05) is 20.1 Å². The highest BCUT2D eigenvalue weighted by atomic mass is 16.4. The topological polar surface area (TPSA) is 84.4 Å². The zero-order chi connectivity index (χ0) is 25.9. The van der Waals surface area contributed by atoms with Crippen molar-refractivity contribution in [2.75, 3.05) is 18.5 Å². The number of piperazine rings is 1. The summed E-state index contributed by atoms with van der Waals surface area (Å²) in [6, 6.07) is 25.4. The molecular formula is C29H30N4O4. The lowest BCUT2D eigenvalue weighted by Gasteiger charge is -2.55. The zero-order valence-electron chi connectivity index (χ0n) is 20.7. The maximum Gasteiger partial charge on any atom is 0.330 e. The van der Waals surface area contributed by atoms with Gasteiger partial charge in [0.05, 0.1) is 23.5 Å². The molecule has 2 bridgehead atoms. The molecule has 3 heterocycles. The van der Waals surface area contributed by atoms with Crippen molar-refractivity contribution in [2.45, 2.75) is 37.5 Å². The van der Waals surface area contributed by atoms with Gasteiger partial charge in [0.2, 0.25) is 0 Å². The van der Waals surface area contributed by atoms with E-state index in [0.29, 0.717) is 37.3 Å². The molecule has 4 amide bonds. The van der Waals surface area contributed by atoms with E-state index in [1.165, 1.54) is 4.90 Å². The molecular weight excluding hydrogens is 468 g/mol. The number of carbonyl (C=O) groups excluding carboxylic acids is 2. The second-order valence-corrected chi connectivity index (χ2v) is 9.55. The molecule has 3 aliphatic rings. The van der Waals surface area contributed by atoms with Gasteiger partial charge in [-0.05, 0) is 42.7 Å².